The van der Waals surface area contributed by atoms with E-state index in [-0.39, 0.29) is 11.5 Å². The van der Waals surface area contributed by atoms with Gasteiger partial charge in [-0.15, -0.1) is 0 Å². The quantitative estimate of drug-likeness (QED) is 0.663. The van der Waals surface area contributed by atoms with E-state index < -0.39 is 0 Å². The number of hydrogen-bond acceptors (Lipinski definition) is 2. The zero-order chi connectivity index (χ0) is 9.73. The molecule has 2 nitrogen and oxygen atoms in total. The van der Waals surface area contributed by atoms with Crippen LogP contribution in [0.5, 0.6) is 0 Å². The van der Waals surface area contributed by atoms with Crippen molar-refractivity contribution in [1.29, 1.82) is 5.26 Å². The van der Waals surface area contributed by atoms with Gasteiger partial charge in [-0.1, -0.05) is 32.6 Å². The van der Waals surface area contributed by atoms with Crippen LogP contribution in [0.15, 0.2) is 0 Å². The van der Waals surface area contributed by atoms with Gasteiger partial charge in [0, 0.05) is 0 Å². The van der Waals surface area contributed by atoms with E-state index >= 15 is 0 Å². The fourth-order valence-electron chi connectivity index (χ4n) is 2.39. The van der Waals surface area contributed by atoms with Crippen LogP contribution in [-0.4, -0.2) is 13.1 Å². The van der Waals surface area contributed by atoms with Crippen molar-refractivity contribution in [2.24, 2.45) is 5.41 Å². The van der Waals surface area contributed by atoms with Crippen molar-refractivity contribution < 1.29 is 0 Å². The van der Waals surface area contributed by atoms with E-state index in [1.807, 2.05) is 7.05 Å². The van der Waals surface area contributed by atoms with E-state index in [9.17, 15) is 0 Å². The lowest BCUT2D eigenvalue weighted by molar-refractivity contribution is 0.228. The molecule has 0 aromatic heterocycles. The summed E-state index contributed by atoms with van der Waals surface area (Å²) in [6.45, 7) is 2.25. The summed E-state index contributed by atoms with van der Waals surface area (Å²) in [5.41, 5.74) is 0.208. The normalized spacial score (nSPS) is 24.4. The summed E-state index contributed by atoms with van der Waals surface area (Å²) >= 11 is 0. The van der Waals surface area contributed by atoms with E-state index in [4.69, 9.17) is 5.26 Å². The van der Waals surface area contributed by atoms with E-state index in [2.05, 4.69) is 18.3 Å². The highest BCUT2D eigenvalue weighted by atomic mass is 14.9. The lowest BCUT2D eigenvalue weighted by Gasteiger charge is -2.32. The average molecular weight is 180 g/mol. The minimum atomic E-state index is 0.0330. The Morgan fingerprint density at radius 3 is 2.15 bits per heavy atom. The summed E-state index contributed by atoms with van der Waals surface area (Å²) in [7, 11) is 1.89. The SMILES string of the molecule is CNC(C#N)C1(C)CCCCCC1. The Balaban J connectivity index is 2.65. The standard InChI is InChI=1S/C11H20N2/c1-11(10(9-12)13-2)7-5-3-4-6-8-11/h10,13H,3-8H2,1-2H3. The van der Waals surface area contributed by atoms with Crippen LogP contribution < -0.4 is 5.32 Å². The van der Waals surface area contributed by atoms with Crippen molar-refractivity contribution in [2.75, 3.05) is 7.05 Å². The van der Waals surface area contributed by atoms with E-state index in [0.29, 0.717) is 0 Å². The molecular formula is C11H20N2. The molecule has 0 aromatic carbocycles. The molecule has 0 heterocycles. The van der Waals surface area contributed by atoms with Gasteiger partial charge in [-0.2, -0.15) is 5.26 Å². The lowest BCUT2D eigenvalue weighted by Crippen LogP contribution is -2.40. The maximum Gasteiger partial charge on any atom is 0.100 e. The maximum absolute atomic E-state index is 9.02. The Morgan fingerprint density at radius 1 is 1.23 bits per heavy atom. The number of rotatable bonds is 2. The molecule has 13 heavy (non-hydrogen) atoms. The zero-order valence-corrected chi connectivity index (χ0v) is 8.77. The number of hydrogen-bond donors (Lipinski definition) is 1. The summed E-state index contributed by atoms with van der Waals surface area (Å²) in [6, 6.07) is 2.41. The van der Waals surface area contributed by atoms with Crippen LogP contribution in [0.3, 0.4) is 0 Å². The van der Waals surface area contributed by atoms with E-state index in [0.717, 1.165) is 0 Å². The molecule has 2 heteroatoms. The lowest BCUT2D eigenvalue weighted by atomic mass is 9.76. The van der Waals surface area contributed by atoms with Crippen molar-refractivity contribution in [3.8, 4) is 6.07 Å². The molecule has 1 rings (SSSR count). The second kappa shape index (κ2) is 4.62. The van der Waals surface area contributed by atoms with Gasteiger partial charge in [-0.25, -0.2) is 0 Å². The van der Waals surface area contributed by atoms with Gasteiger partial charge < -0.3 is 5.32 Å². The first-order chi connectivity index (χ1) is 6.23. The first-order valence-corrected chi connectivity index (χ1v) is 5.30. The van der Waals surface area contributed by atoms with Gasteiger partial charge in [-0.05, 0) is 25.3 Å². The zero-order valence-electron chi connectivity index (χ0n) is 8.77. The fraction of sp³-hybridized carbons (Fsp3) is 0.909. The Labute approximate surface area is 81.3 Å². The van der Waals surface area contributed by atoms with E-state index in [1.165, 1.54) is 38.5 Å². The predicted octanol–water partition coefficient (Wildman–Crippen LogP) is 2.46. The van der Waals surface area contributed by atoms with Crippen LogP contribution in [0.2, 0.25) is 0 Å². The fourth-order valence-corrected chi connectivity index (χ4v) is 2.39. The van der Waals surface area contributed by atoms with Crippen LogP contribution in [0.1, 0.15) is 45.4 Å². The van der Waals surface area contributed by atoms with Crippen LogP contribution in [0, 0.1) is 16.7 Å². The van der Waals surface area contributed by atoms with Gasteiger partial charge in [0.15, 0.2) is 0 Å². The molecule has 1 aliphatic rings. The highest BCUT2D eigenvalue weighted by molar-refractivity contribution is 5.01. The molecule has 0 aliphatic heterocycles. The monoisotopic (exact) mass is 180 g/mol. The second-order valence-corrected chi connectivity index (χ2v) is 4.42. The van der Waals surface area contributed by atoms with Gasteiger partial charge in [0.2, 0.25) is 0 Å². The maximum atomic E-state index is 9.02. The average Bonchev–Trinajstić information content (AvgIpc) is 2.33. The van der Waals surface area contributed by atoms with Crippen molar-refractivity contribution in [1.82, 2.24) is 5.32 Å². The molecule has 1 atom stereocenters. The van der Waals surface area contributed by atoms with Crippen LogP contribution in [0.25, 0.3) is 0 Å². The van der Waals surface area contributed by atoms with Crippen LogP contribution in [0.4, 0.5) is 0 Å². The minimum absolute atomic E-state index is 0.0330. The number of nitriles is 1. The smallest absolute Gasteiger partial charge is 0.100 e. The first-order valence-electron chi connectivity index (χ1n) is 5.30. The molecule has 1 saturated carbocycles. The molecule has 1 N–H and O–H groups in total. The Kier molecular flexibility index (Phi) is 3.74. The molecule has 0 radical (unpaired) electrons. The van der Waals surface area contributed by atoms with Crippen molar-refractivity contribution in [2.45, 2.75) is 51.5 Å². The number of nitrogens with zero attached hydrogens (tertiary/aromatic N) is 1. The third-order valence-electron chi connectivity index (χ3n) is 3.36. The predicted molar refractivity (Wildman–Crippen MR) is 54.3 cm³/mol. The molecule has 74 valence electrons. The van der Waals surface area contributed by atoms with Crippen molar-refractivity contribution in [3.05, 3.63) is 0 Å². The summed E-state index contributed by atoms with van der Waals surface area (Å²) in [4.78, 5) is 0. The van der Waals surface area contributed by atoms with Gasteiger partial charge in [0.1, 0.15) is 6.04 Å². The molecule has 1 fully saturated rings. The first kappa shape index (κ1) is 10.5. The van der Waals surface area contributed by atoms with Gasteiger partial charge >= 0.3 is 0 Å². The van der Waals surface area contributed by atoms with Gasteiger partial charge in [-0.3, -0.25) is 0 Å². The largest absolute Gasteiger partial charge is 0.305 e. The van der Waals surface area contributed by atoms with Crippen LogP contribution in [-0.2, 0) is 0 Å². The summed E-state index contributed by atoms with van der Waals surface area (Å²) in [5, 5.41) is 12.2. The highest BCUT2D eigenvalue weighted by Crippen LogP contribution is 2.37. The molecule has 1 aliphatic carbocycles. The Bertz CT molecular complexity index is 185. The van der Waals surface area contributed by atoms with Crippen molar-refractivity contribution >= 4 is 0 Å². The molecule has 0 saturated heterocycles. The number of nitrogens with one attached hydrogen (secondary N) is 1. The molecule has 1 unspecified atom stereocenters. The molecule has 0 spiro atoms. The third-order valence-corrected chi connectivity index (χ3v) is 3.36. The molecule has 0 amide bonds. The second-order valence-electron chi connectivity index (χ2n) is 4.42. The van der Waals surface area contributed by atoms with E-state index in [1.54, 1.807) is 0 Å². The molecular weight excluding hydrogens is 160 g/mol. The molecule has 0 bridgehead atoms. The summed E-state index contributed by atoms with van der Waals surface area (Å²) < 4.78 is 0. The Morgan fingerprint density at radius 2 is 1.77 bits per heavy atom. The minimum Gasteiger partial charge on any atom is -0.305 e. The van der Waals surface area contributed by atoms with Gasteiger partial charge in [0.25, 0.3) is 0 Å². The topological polar surface area (TPSA) is 35.8 Å². The third kappa shape index (κ3) is 2.45. The molecule has 0 aromatic rings. The van der Waals surface area contributed by atoms with Crippen LogP contribution >= 0.6 is 0 Å². The Hall–Kier alpha value is -0.550. The van der Waals surface area contributed by atoms with Gasteiger partial charge in [0.05, 0.1) is 6.07 Å². The summed E-state index contributed by atoms with van der Waals surface area (Å²) in [6.07, 6.45) is 7.67. The summed E-state index contributed by atoms with van der Waals surface area (Å²) in [5.74, 6) is 0. The van der Waals surface area contributed by atoms with Crippen molar-refractivity contribution in [3.63, 3.8) is 0 Å². The highest BCUT2D eigenvalue weighted by Gasteiger charge is 2.33.